The summed E-state index contributed by atoms with van der Waals surface area (Å²) < 4.78 is 31.8. The number of likely N-dealkylation sites (N-methyl/N-ethyl adjacent to an activating group) is 1. The molecular weight excluding hydrogens is 364 g/mol. The molecular formula is C21H25F2N3O2. The van der Waals surface area contributed by atoms with E-state index in [4.69, 9.17) is 4.74 Å². The lowest BCUT2D eigenvalue weighted by molar-refractivity contribution is 0.0885. The lowest BCUT2D eigenvalue weighted by Crippen LogP contribution is -2.48. The van der Waals surface area contributed by atoms with Crippen molar-refractivity contribution in [2.24, 2.45) is 0 Å². The van der Waals surface area contributed by atoms with Crippen molar-refractivity contribution in [1.29, 1.82) is 0 Å². The SMILES string of the molecule is COc1ccc(C(CNC(=O)c2ccc(F)c(F)c2)N2CCN(C)CC2)cc1. The monoisotopic (exact) mass is 389 g/mol. The second kappa shape index (κ2) is 9.12. The van der Waals surface area contributed by atoms with Gasteiger partial charge in [-0.1, -0.05) is 12.1 Å². The Bertz CT molecular complexity index is 806. The first-order valence-corrected chi connectivity index (χ1v) is 9.27. The van der Waals surface area contributed by atoms with Crippen LogP contribution in [0.3, 0.4) is 0 Å². The normalized spacial score (nSPS) is 16.6. The van der Waals surface area contributed by atoms with Crippen LogP contribution in [0.2, 0.25) is 0 Å². The second-order valence-electron chi connectivity index (χ2n) is 6.97. The topological polar surface area (TPSA) is 44.8 Å². The second-order valence-corrected chi connectivity index (χ2v) is 6.97. The highest BCUT2D eigenvalue weighted by atomic mass is 19.2. The zero-order valence-electron chi connectivity index (χ0n) is 16.1. The molecule has 0 bridgehead atoms. The number of rotatable bonds is 6. The molecule has 2 aromatic carbocycles. The summed E-state index contributed by atoms with van der Waals surface area (Å²) in [6.07, 6.45) is 0. The summed E-state index contributed by atoms with van der Waals surface area (Å²) in [5, 5.41) is 2.87. The van der Waals surface area contributed by atoms with Gasteiger partial charge in [-0.05, 0) is 42.9 Å². The molecule has 1 amide bonds. The molecule has 7 heteroatoms. The molecule has 1 unspecified atom stereocenters. The van der Waals surface area contributed by atoms with Gasteiger partial charge in [-0.3, -0.25) is 9.69 Å². The van der Waals surface area contributed by atoms with Gasteiger partial charge in [0.2, 0.25) is 0 Å². The van der Waals surface area contributed by atoms with Gasteiger partial charge in [0.05, 0.1) is 13.2 Å². The summed E-state index contributed by atoms with van der Waals surface area (Å²) in [4.78, 5) is 17.0. The first kappa shape index (κ1) is 20.2. The molecule has 28 heavy (non-hydrogen) atoms. The van der Waals surface area contributed by atoms with Crippen LogP contribution < -0.4 is 10.1 Å². The van der Waals surface area contributed by atoms with Crippen LogP contribution in [0.25, 0.3) is 0 Å². The van der Waals surface area contributed by atoms with Gasteiger partial charge < -0.3 is 15.0 Å². The lowest BCUT2D eigenvalue weighted by Gasteiger charge is -2.38. The van der Waals surface area contributed by atoms with Crippen molar-refractivity contribution in [3.05, 3.63) is 65.2 Å². The maximum Gasteiger partial charge on any atom is 0.251 e. The lowest BCUT2D eigenvalue weighted by atomic mass is 10.0. The molecule has 1 aliphatic heterocycles. The third kappa shape index (κ3) is 4.85. The minimum Gasteiger partial charge on any atom is -0.497 e. The first-order chi connectivity index (χ1) is 13.5. The molecule has 150 valence electrons. The van der Waals surface area contributed by atoms with E-state index in [1.807, 2.05) is 24.3 Å². The van der Waals surface area contributed by atoms with Crippen LogP contribution in [0.5, 0.6) is 5.75 Å². The van der Waals surface area contributed by atoms with Crippen LogP contribution in [-0.4, -0.2) is 62.6 Å². The fourth-order valence-electron chi connectivity index (χ4n) is 3.35. The number of hydrogen-bond acceptors (Lipinski definition) is 4. The zero-order valence-corrected chi connectivity index (χ0v) is 16.1. The van der Waals surface area contributed by atoms with E-state index in [9.17, 15) is 13.6 Å². The Morgan fingerprint density at radius 1 is 1.07 bits per heavy atom. The summed E-state index contributed by atoms with van der Waals surface area (Å²) in [5.41, 5.74) is 1.17. The summed E-state index contributed by atoms with van der Waals surface area (Å²) in [6.45, 7) is 4.03. The third-order valence-electron chi connectivity index (χ3n) is 5.12. The van der Waals surface area contributed by atoms with Crippen molar-refractivity contribution in [3.63, 3.8) is 0 Å². The van der Waals surface area contributed by atoms with Crippen molar-refractivity contribution < 1.29 is 18.3 Å². The molecule has 0 saturated carbocycles. The average molecular weight is 389 g/mol. The Morgan fingerprint density at radius 2 is 1.75 bits per heavy atom. The number of nitrogens with one attached hydrogen (secondary N) is 1. The molecule has 0 aromatic heterocycles. The predicted octanol–water partition coefficient (Wildman–Crippen LogP) is 2.69. The van der Waals surface area contributed by atoms with Crippen molar-refractivity contribution in [3.8, 4) is 5.75 Å². The van der Waals surface area contributed by atoms with Crippen molar-refractivity contribution in [2.45, 2.75) is 6.04 Å². The number of hydrogen-bond donors (Lipinski definition) is 1. The van der Waals surface area contributed by atoms with Gasteiger partial charge in [-0.15, -0.1) is 0 Å². The van der Waals surface area contributed by atoms with Gasteiger partial charge in [-0.2, -0.15) is 0 Å². The molecule has 1 N–H and O–H groups in total. The van der Waals surface area contributed by atoms with Gasteiger partial charge in [-0.25, -0.2) is 8.78 Å². The molecule has 5 nitrogen and oxygen atoms in total. The van der Waals surface area contributed by atoms with E-state index in [2.05, 4.69) is 22.2 Å². The van der Waals surface area contributed by atoms with Gasteiger partial charge in [0.15, 0.2) is 11.6 Å². The number of carbonyl (C=O) groups is 1. The molecule has 1 saturated heterocycles. The molecule has 1 heterocycles. The van der Waals surface area contributed by atoms with Crippen LogP contribution in [0, 0.1) is 11.6 Å². The maximum absolute atomic E-state index is 13.4. The van der Waals surface area contributed by atoms with E-state index >= 15 is 0 Å². The minimum absolute atomic E-state index is 0.0196. The Balaban J connectivity index is 1.74. The van der Waals surface area contributed by atoms with E-state index in [0.29, 0.717) is 6.54 Å². The van der Waals surface area contributed by atoms with Crippen LogP contribution >= 0.6 is 0 Å². The molecule has 1 atom stereocenters. The van der Waals surface area contributed by atoms with Gasteiger partial charge in [0.1, 0.15) is 5.75 Å². The Morgan fingerprint density at radius 3 is 2.36 bits per heavy atom. The number of piperazine rings is 1. The van der Waals surface area contributed by atoms with Crippen LogP contribution in [0.15, 0.2) is 42.5 Å². The van der Waals surface area contributed by atoms with Gasteiger partial charge >= 0.3 is 0 Å². The van der Waals surface area contributed by atoms with E-state index < -0.39 is 17.5 Å². The molecule has 0 aliphatic carbocycles. The van der Waals surface area contributed by atoms with E-state index in [1.165, 1.54) is 6.07 Å². The fraction of sp³-hybridized carbons (Fsp3) is 0.381. The van der Waals surface area contributed by atoms with Crippen molar-refractivity contribution >= 4 is 5.91 Å². The summed E-state index contributed by atoms with van der Waals surface area (Å²) in [7, 11) is 3.71. The number of benzene rings is 2. The van der Waals surface area contributed by atoms with Crippen LogP contribution in [0.1, 0.15) is 22.0 Å². The molecule has 0 radical (unpaired) electrons. The molecule has 3 rings (SSSR count). The van der Waals surface area contributed by atoms with Crippen LogP contribution in [0.4, 0.5) is 8.78 Å². The van der Waals surface area contributed by atoms with Gasteiger partial charge in [0, 0.05) is 38.3 Å². The number of carbonyl (C=O) groups excluding carboxylic acids is 1. The zero-order chi connectivity index (χ0) is 20.1. The largest absolute Gasteiger partial charge is 0.497 e. The quantitative estimate of drug-likeness (QED) is 0.825. The highest BCUT2D eigenvalue weighted by molar-refractivity contribution is 5.94. The number of nitrogens with zero attached hydrogens (tertiary/aromatic N) is 2. The summed E-state index contributed by atoms with van der Waals surface area (Å²) in [5.74, 6) is -1.65. The highest BCUT2D eigenvalue weighted by Gasteiger charge is 2.24. The van der Waals surface area contributed by atoms with Gasteiger partial charge in [0.25, 0.3) is 5.91 Å². The highest BCUT2D eigenvalue weighted by Crippen LogP contribution is 2.24. The molecule has 1 fully saturated rings. The first-order valence-electron chi connectivity index (χ1n) is 9.27. The summed E-state index contributed by atoms with van der Waals surface area (Å²) in [6, 6.07) is 10.9. The van der Waals surface area contributed by atoms with Crippen molar-refractivity contribution in [2.75, 3.05) is 46.9 Å². The van der Waals surface area contributed by atoms with Crippen LogP contribution in [-0.2, 0) is 0 Å². The van der Waals surface area contributed by atoms with Crippen molar-refractivity contribution in [1.82, 2.24) is 15.1 Å². The number of methoxy groups -OCH3 is 1. The Hall–Kier alpha value is -2.51. The fourth-order valence-corrected chi connectivity index (χ4v) is 3.35. The number of amides is 1. The molecule has 0 spiro atoms. The van der Waals surface area contributed by atoms with E-state index in [1.54, 1.807) is 7.11 Å². The predicted molar refractivity (Wildman–Crippen MR) is 103 cm³/mol. The van der Waals surface area contributed by atoms with E-state index in [-0.39, 0.29) is 11.6 Å². The smallest absolute Gasteiger partial charge is 0.251 e. The molecule has 1 aliphatic rings. The minimum atomic E-state index is -1.03. The Labute approximate surface area is 163 Å². The Kier molecular flexibility index (Phi) is 6.59. The third-order valence-corrected chi connectivity index (χ3v) is 5.12. The maximum atomic E-state index is 13.4. The molecule has 2 aromatic rings. The number of halogens is 2. The average Bonchev–Trinajstić information content (AvgIpc) is 2.71. The van der Waals surface area contributed by atoms with E-state index in [0.717, 1.165) is 49.6 Å². The summed E-state index contributed by atoms with van der Waals surface area (Å²) >= 11 is 0. The number of ether oxygens (including phenoxy) is 1. The standard InChI is InChI=1S/C21H25F2N3O2/c1-25-9-11-26(12-10-25)20(15-3-6-17(28-2)7-4-15)14-24-21(27)16-5-8-18(22)19(23)13-16/h3-8,13,20H,9-12,14H2,1-2H3,(H,24,27).